The Morgan fingerprint density at radius 2 is 2.03 bits per heavy atom. The van der Waals surface area contributed by atoms with Crippen LogP contribution in [0.3, 0.4) is 0 Å². The zero-order valence-corrected chi connectivity index (χ0v) is 15.3. The Kier molecular flexibility index (Phi) is 4.81. The molecule has 1 saturated heterocycles. The van der Waals surface area contributed by atoms with Gasteiger partial charge in [0.25, 0.3) is 5.91 Å². The largest absolute Gasteiger partial charge is 0.416 e. The Labute approximate surface area is 162 Å². The number of nitrogens with zero attached hydrogens (tertiary/aromatic N) is 3. The number of nitrogens with one attached hydrogen (secondary N) is 2. The van der Waals surface area contributed by atoms with Gasteiger partial charge in [0.15, 0.2) is 0 Å². The van der Waals surface area contributed by atoms with E-state index in [9.17, 15) is 27.2 Å². The summed E-state index contributed by atoms with van der Waals surface area (Å²) in [4.78, 5) is 33.4. The van der Waals surface area contributed by atoms with E-state index >= 15 is 0 Å². The minimum Gasteiger partial charge on any atom is -0.383 e. The number of rotatable bonds is 3. The van der Waals surface area contributed by atoms with Crippen molar-refractivity contribution in [1.82, 2.24) is 15.3 Å². The lowest BCUT2D eigenvalue weighted by Crippen LogP contribution is -2.36. The van der Waals surface area contributed by atoms with Gasteiger partial charge in [0.05, 0.1) is 23.3 Å². The molecular weight excluding hydrogens is 396 g/mol. The van der Waals surface area contributed by atoms with E-state index < -0.39 is 40.7 Å². The standard InChI is InChI=1S/C17H16F4N6O2/c1-16(2)7-27(15(29)26-16)14-23-6-9(12(22)25-14)13(28)24-11-5-8(17(19,20)21)3-4-10(11)18/h3-6H,7H2,1-2H3,(H,24,28)(H,26,29)(H2,22,23,25). The fourth-order valence-electron chi connectivity index (χ4n) is 2.70. The molecule has 1 aliphatic heterocycles. The molecule has 2 heterocycles. The van der Waals surface area contributed by atoms with Gasteiger partial charge in [-0.3, -0.25) is 9.69 Å². The number of urea groups is 1. The normalized spacial score (nSPS) is 15.9. The van der Waals surface area contributed by atoms with E-state index in [0.29, 0.717) is 18.2 Å². The molecule has 4 N–H and O–H groups in total. The monoisotopic (exact) mass is 412 g/mol. The fraction of sp³-hybridized carbons (Fsp3) is 0.294. The van der Waals surface area contributed by atoms with Gasteiger partial charge in [0, 0.05) is 6.20 Å². The summed E-state index contributed by atoms with van der Waals surface area (Å²) in [6.45, 7) is 3.84. The summed E-state index contributed by atoms with van der Waals surface area (Å²) in [5, 5.41) is 4.73. The molecule has 0 unspecified atom stereocenters. The van der Waals surface area contributed by atoms with E-state index in [4.69, 9.17) is 5.73 Å². The first-order valence-corrected chi connectivity index (χ1v) is 8.28. The predicted octanol–water partition coefficient (Wildman–Crippen LogP) is 2.78. The number of hydrogen-bond acceptors (Lipinski definition) is 5. The first-order chi connectivity index (χ1) is 13.4. The van der Waals surface area contributed by atoms with Crippen LogP contribution in [0.2, 0.25) is 0 Å². The van der Waals surface area contributed by atoms with Crippen molar-refractivity contribution in [2.24, 2.45) is 0 Å². The number of nitrogen functional groups attached to an aromatic ring is 1. The summed E-state index contributed by atoms with van der Waals surface area (Å²) in [6, 6.07) is 1.17. The number of benzene rings is 1. The fourth-order valence-corrected chi connectivity index (χ4v) is 2.70. The molecule has 0 aliphatic carbocycles. The lowest BCUT2D eigenvalue weighted by molar-refractivity contribution is -0.137. The summed E-state index contributed by atoms with van der Waals surface area (Å²) in [5.74, 6) is -2.43. The highest BCUT2D eigenvalue weighted by atomic mass is 19.4. The first-order valence-electron chi connectivity index (χ1n) is 8.28. The van der Waals surface area contributed by atoms with E-state index in [1.165, 1.54) is 4.90 Å². The van der Waals surface area contributed by atoms with Gasteiger partial charge in [-0.2, -0.15) is 18.2 Å². The highest BCUT2D eigenvalue weighted by Gasteiger charge is 2.37. The molecule has 0 saturated carbocycles. The van der Waals surface area contributed by atoms with Crippen LogP contribution in [-0.2, 0) is 6.18 Å². The highest BCUT2D eigenvalue weighted by Crippen LogP contribution is 2.32. The molecule has 1 aliphatic rings. The Balaban J connectivity index is 1.83. The average Bonchev–Trinajstić information content (AvgIpc) is 2.88. The van der Waals surface area contributed by atoms with Crippen molar-refractivity contribution in [1.29, 1.82) is 0 Å². The maximum absolute atomic E-state index is 13.8. The maximum atomic E-state index is 13.8. The topological polar surface area (TPSA) is 113 Å². The van der Waals surface area contributed by atoms with Crippen LogP contribution in [0.1, 0.15) is 29.8 Å². The molecule has 8 nitrogen and oxygen atoms in total. The van der Waals surface area contributed by atoms with Crippen molar-refractivity contribution < 1.29 is 27.2 Å². The van der Waals surface area contributed by atoms with Crippen LogP contribution in [0, 0.1) is 5.82 Å². The van der Waals surface area contributed by atoms with Crippen molar-refractivity contribution in [3.8, 4) is 0 Å². The molecule has 12 heteroatoms. The third-order valence-corrected chi connectivity index (χ3v) is 4.08. The van der Waals surface area contributed by atoms with Gasteiger partial charge in [0.1, 0.15) is 17.2 Å². The third kappa shape index (κ3) is 4.20. The molecule has 2 aromatic rings. The summed E-state index contributed by atoms with van der Waals surface area (Å²) >= 11 is 0. The molecule has 3 rings (SSSR count). The summed E-state index contributed by atoms with van der Waals surface area (Å²) < 4.78 is 52.2. The minimum atomic E-state index is -4.71. The molecule has 0 radical (unpaired) electrons. The maximum Gasteiger partial charge on any atom is 0.416 e. The number of carbonyl (C=O) groups is 2. The Hall–Kier alpha value is -3.44. The number of halogens is 4. The van der Waals surface area contributed by atoms with Crippen molar-refractivity contribution >= 4 is 29.4 Å². The second-order valence-electron chi connectivity index (χ2n) is 7.02. The minimum absolute atomic E-state index is 0.0487. The number of anilines is 3. The summed E-state index contributed by atoms with van der Waals surface area (Å²) in [6.07, 6.45) is -3.70. The van der Waals surface area contributed by atoms with Gasteiger partial charge in [-0.15, -0.1) is 0 Å². The van der Waals surface area contributed by atoms with Crippen LogP contribution in [-0.4, -0.2) is 34.0 Å². The molecule has 1 aromatic carbocycles. The van der Waals surface area contributed by atoms with E-state index in [0.717, 1.165) is 6.20 Å². The van der Waals surface area contributed by atoms with E-state index in [1.54, 1.807) is 13.8 Å². The SMILES string of the molecule is CC1(C)CN(c2ncc(C(=O)Nc3cc(C(F)(F)F)ccc3F)c(N)n2)C(=O)N1. The quantitative estimate of drug-likeness (QED) is 0.671. The van der Waals surface area contributed by atoms with Gasteiger partial charge in [-0.25, -0.2) is 14.2 Å². The second kappa shape index (κ2) is 6.87. The van der Waals surface area contributed by atoms with Crippen LogP contribution in [0.5, 0.6) is 0 Å². The molecule has 0 atom stereocenters. The number of aromatic nitrogens is 2. The molecular formula is C17H16F4N6O2. The highest BCUT2D eigenvalue weighted by molar-refractivity contribution is 6.07. The number of hydrogen-bond donors (Lipinski definition) is 3. The van der Waals surface area contributed by atoms with Gasteiger partial charge in [0.2, 0.25) is 5.95 Å². The van der Waals surface area contributed by atoms with Crippen molar-refractivity contribution in [3.63, 3.8) is 0 Å². The Morgan fingerprint density at radius 1 is 1.34 bits per heavy atom. The van der Waals surface area contributed by atoms with Gasteiger partial charge in [-0.1, -0.05) is 0 Å². The number of carbonyl (C=O) groups excluding carboxylic acids is 2. The van der Waals surface area contributed by atoms with Crippen LogP contribution < -0.4 is 21.3 Å². The van der Waals surface area contributed by atoms with Crippen LogP contribution in [0.25, 0.3) is 0 Å². The van der Waals surface area contributed by atoms with Crippen molar-refractivity contribution in [2.45, 2.75) is 25.6 Å². The lowest BCUT2D eigenvalue weighted by Gasteiger charge is -2.17. The van der Waals surface area contributed by atoms with E-state index in [1.807, 2.05) is 5.32 Å². The molecule has 29 heavy (non-hydrogen) atoms. The Bertz CT molecular complexity index is 992. The summed E-state index contributed by atoms with van der Waals surface area (Å²) in [7, 11) is 0. The van der Waals surface area contributed by atoms with Crippen LogP contribution in [0.4, 0.5) is 39.8 Å². The molecule has 0 spiro atoms. The molecule has 1 fully saturated rings. The number of alkyl halides is 3. The molecule has 1 aromatic heterocycles. The van der Waals surface area contributed by atoms with Gasteiger partial charge in [-0.05, 0) is 32.0 Å². The second-order valence-corrected chi connectivity index (χ2v) is 7.02. The zero-order valence-electron chi connectivity index (χ0n) is 15.3. The number of nitrogens with two attached hydrogens (primary N) is 1. The van der Waals surface area contributed by atoms with Crippen molar-refractivity contribution in [3.05, 3.63) is 41.3 Å². The third-order valence-electron chi connectivity index (χ3n) is 4.08. The zero-order chi connectivity index (χ0) is 21.6. The van der Waals surface area contributed by atoms with Crippen molar-refractivity contribution in [2.75, 3.05) is 22.5 Å². The predicted molar refractivity (Wildman–Crippen MR) is 95.8 cm³/mol. The lowest BCUT2D eigenvalue weighted by atomic mass is 10.1. The van der Waals surface area contributed by atoms with Crippen LogP contribution in [0.15, 0.2) is 24.4 Å². The smallest absolute Gasteiger partial charge is 0.383 e. The van der Waals surface area contributed by atoms with E-state index in [-0.39, 0.29) is 23.9 Å². The molecule has 154 valence electrons. The van der Waals surface area contributed by atoms with E-state index in [2.05, 4.69) is 15.3 Å². The van der Waals surface area contributed by atoms with Gasteiger partial charge >= 0.3 is 12.2 Å². The molecule has 0 bridgehead atoms. The number of amides is 3. The van der Waals surface area contributed by atoms with Crippen LogP contribution >= 0.6 is 0 Å². The Morgan fingerprint density at radius 3 is 2.59 bits per heavy atom. The first kappa shape index (κ1) is 20.3. The summed E-state index contributed by atoms with van der Waals surface area (Å²) in [5.41, 5.74) is 3.14. The average molecular weight is 412 g/mol. The molecule has 3 amide bonds. The van der Waals surface area contributed by atoms with Gasteiger partial charge < -0.3 is 16.4 Å².